The Morgan fingerprint density at radius 2 is 1.86 bits per heavy atom. The molecule has 1 atom stereocenters. The lowest BCUT2D eigenvalue weighted by Gasteiger charge is -2.12. The van der Waals surface area contributed by atoms with E-state index in [1.165, 1.54) is 6.92 Å². The van der Waals surface area contributed by atoms with Crippen molar-refractivity contribution in [1.29, 1.82) is 0 Å². The number of anilines is 2. The zero-order valence-electron chi connectivity index (χ0n) is 12.4. The molecule has 1 aromatic carbocycles. The van der Waals surface area contributed by atoms with Crippen molar-refractivity contribution in [3.63, 3.8) is 0 Å². The molecule has 0 saturated heterocycles. The molecule has 2 amide bonds. The lowest BCUT2D eigenvalue weighted by atomic mass is 10.0. The Bertz CT molecular complexity index is 555. The second-order valence-electron chi connectivity index (χ2n) is 5.17. The van der Waals surface area contributed by atoms with Gasteiger partial charge in [0.25, 0.3) is 0 Å². The average molecular weight is 292 g/mol. The van der Waals surface area contributed by atoms with Gasteiger partial charge in [-0.15, -0.1) is 0 Å². The highest BCUT2D eigenvalue weighted by Gasteiger charge is 2.13. The Labute approximate surface area is 123 Å². The number of aryl methyl sites for hydroxylation is 1. The molecule has 0 fully saturated rings. The van der Waals surface area contributed by atoms with Crippen LogP contribution < -0.4 is 10.6 Å². The third kappa shape index (κ3) is 6.07. The average Bonchev–Trinajstić information content (AvgIpc) is 2.30. The van der Waals surface area contributed by atoms with Gasteiger partial charge in [0.05, 0.1) is 0 Å². The van der Waals surface area contributed by atoms with Crippen LogP contribution in [0.5, 0.6) is 0 Å². The Hall–Kier alpha value is -2.37. The summed E-state index contributed by atoms with van der Waals surface area (Å²) in [6.45, 7) is 4.98. The van der Waals surface area contributed by atoms with Crippen molar-refractivity contribution >= 4 is 29.2 Å². The van der Waals surface area contributed by atoms with Crippen LogP contribution in [0.15, 0.2) is 18.2 Å². The zero-order chi connectivity index (χ0) is 16.0. The SMILES string of the molecule is CC(=O)Nc1ccc(NC(=O)CC(C)CC(=O)O)cc1C. The zero-order valence-corrected chi connectivity index (χ0v) is 12.4. The number of carboxylic acid groups (broad SMARTS) is 1. The number of carbonyl (C=O) groups excluding carboxylic acids is 2. The number of hydrogen-bond acceptors (Lipinski definition) is 3. The van der Waals surface area contributed by atoms with Gasteiger partial charge in [0.1, 0.15) is 0 Å². The molecule has 6 nitrogen and oxygen atoms in total. The van der Waals surface area contributed by atoms with E-state index >= 15 is 0 Å². The van der Waals surface area contributed by atoms with E-state index in [1.54, 1.807) is 25.1 Å². The van der Waals surface area contributed by atoms with Crippen molar-refractivity contribution in [2.75, 3.05) is 10.6 Å². The molecule has 0 spiro atoms. The van der Waals surface area contributed by atoms with Crippen LogP contribution in [0.3, 0.4) is 0 Å². The Morgan fingerprint density at radius 1 is 1.19 bits per heavy atom. The van der Waals surface area contributed by atoms with Gasteiger partial charge in [-0.25, -0.2) is 0 Å². The first kappa shape index (κ1) is 16.7. The maximum Gasteiger partial charge on any atom is 0.303 e. The number of benzene rings is 1. The van der Waals surface area contributed by atoms with E-state index in [0.29, 0.717) is 11.4 Å². The lowest BCUT2D eigenvalue weighted by molar-refractivity contribution is -0.138. The van der Waals surface area contributed by atoms with Crippen molar-refractivity contribution in [2.24, 2.45) is 5.92 Å². The molecule has 0 aliphatic rings. The van der Waals surface area contributed by atoms with Gasteiger partial charge in [-0.3, -0.25) is 14.4 Å². The smallest absolute Gasteiger partial charge is 0.303 e. The molecule has 1 rings (SSSR count). The summed E-state index contributed by atoms with van der Waals surface area (Å²) in [6, 6.07) is 5.16. The van der Waals surface area contributed by atoms with Gasteiger partial charge < -0.3 is 15.7 Å². The molecule has 0 heterocycles. The second-order valence-corrected chi connectivity index (χ2v) is 5.17. The third-order valence-corrected chi connectivity index (χ3v) is 2.88. The maximum absolute atomic E-state index is 11.8. The third-order valence-electron chi connectivity index (χ3n) is 2.88. The number of aliphatic carboxylic acids is 1. The van der Waals surface area contributed by atoms with Gasteiger partial charge in [-0.1, -0.05) is 6.92 Å². The highest BCUT2D eigenvalue weighted by Crippen LogP contribution is 2.20. The molecule has 0 bridgehead atoms. The first-order chi connectivity index (χ1) is 9.77. The number of rotatable bonds is 6. The molecule has 0 saturated carbocycles. The molecular formula is C15H20N2O4. The van der Waals surface area contributed by atoms with Crippen molar-refractivity contribution < 1.29 is 19.5 Å². The van der Waals surface area contributed by atoms with Crippen LogP contribution in [0.4, 0.5) is 11.4 Å². The summed E-state index contributed by atoms with van der Waals surface area (Å²) in [4.78, 5) is 33.4. The number of carbonyl (C=O) groups is 3. The van der Waals surface area contributed by atoms with Gasteiger partial charge in [0, 0.05) is 31.1 Å². The number of hydrogen-bond donors (Lipinski definition) is 3. The fraction of sp³-hybridized carbons (Fsp3) is 0.400. The highest BCUT2D eigenvalue weighted by molar-refractivity contribution is 5.93. The van der Waals surface area contributed by atoms with Crippen LogP contribution in [0.1, 0.15) is 32.3 Å². The van der Waals surface area contributed by atoms with Crippen LogP contribution in [-0.4, -0.2) is 22.9 Å². The topological polar surface area (TPSA) is 95.5 Å². The predicted molar refractivity (Wildman–Crippen MR) is 80.1 cm³/mol. The minimum Gasteiger partial charge on any atom is -0.481 e. The van der Waals surface area contributed by atoms with Gasteiger partial charge in [-0.05, 0) is 36.6 Å². The van der Waals surface area contributed by atoms with Gasteiger partial charge in [-0.2, -0.15) is 0 Å². The second kappa shape index (κ2) is 7.42. The predicted octanol–water partition coefficient (Wildman–Crippen LogP) is 2.39. The molecule has 3 N–H and O–H groups in total. The van der Waals surface area contributed by atoms with Crippen molar-refractivity contribution in [2.45, 2.75) is 33.6 Å². The summed E-state index contributed by atoms with van der Waals surface area (Å²) in [5, 5.41) is 14.1. The molecule has 0 aromatic heterocycles. The summed E-state index contributed by atoms with van der Waals surface area (Å²) in [5.41, 5.74) is 2.15. The number of amides is 2. The molecule has 0 aliphatic heterocycles. The van der Waals surface area contributed by atoms with E-state index in [0.717, 1.165) is 5.56 Å². The van der Waals surface area contributed by atoms with Gasteiger partial charge >= 0.3 is 5.97 Å². The molecule has 1 unspecified atom stereocenters. The summed E-state index contributed by atoms with van der Waals surface area (Å²) in [5.74, 6) is -1.51. The van der Waals surface area contributed by atoms with Crippen molar-refractivity contribution in [3.8, 4) is 0 Å². The molecule has 6 heteroatoms. The maximum atomic E-state index is 11.8. The van der Waals surface area contributed by atoms with Gasteiger partial charge in [0.2, 0.25) is 11.8 Å². The van der Waals surface area contributed by atoms with Crippen LogP contribution in [0.2, 0.25) is 0 Å². The van der Waals surface area contributed by atoms with E-state index < -0.39 is 5.97 Å². The first-order valence-electron chi connectivity index (χ1n) is 6.67. The molecule has 0 aliphatic carbocycles. The Morgan fingerprint density at radius 3 is 2.38 bits per heavy atom. The minimum atomic E-state index is -0.911. The quantitative estimate of drug-likeness (QED) is 0.750. The van der Waals surface area contributed by atoms with Crippen LogP contribution in [0, 0.1) is 12.8 Å². The number of nitrogens with one attached hydrogen (secondary N) is 2. The largest absolute Gasteiger partial charge is 0.481 e. The van der Waals surface area contributed by atoms with E-state index in [-0.39, 0.29) is 30.6 Å². The summed E-state index contributed by atoms with van der Waals surface area (Å²) in [7, 11) is 0. The lowest BCUT2D eigenvalue weighted by Crippen LogP contribution is -2.17. The van der Waals surface area contributed by atoms with E-state index in [9.17, 15) is 14.4 Å². The standard InChI is InChI=1S/C15H20N2O4/c1-9(7-15(20)21)6-14(19)17-12-4-5-13(10(2)8-12)16-11(3)18/h4-5,8-9H,6-7H2,1-3H3,(H,16,18)(H,17,19)(H,20,21). The fourth-order valence-corrected chi connectivity index (χ4v) is 1.97. The van der Waals surface area contributed by atoms with Crippen LogP contribution in [-0.2, 0) is 14.4 Å². The van der Waals surface area contributed by atoms with E-state index in [1.807, 2.05) is 6.92 Å². The fourth-order valence-electron chi connectivity index (χ4n) is 1.97. The number of carboxylic acids is 1. The summed E-state index contributed by atoms with van der Waals surface area (Å²) in [6.07, 6.45) is 0.118. The molecule has 0 radical (unpaired) electrons. The normalized spacial score (nSPS) is 11.6. The van der Waals surface area contributed by atoms with E-state index in [2.05, 4.69) is 10.6 Å². The molecular weight excluding hydrogens is 272 g/mol. The van der Waals surface area contributed by atoms with Crippen molar-refractivity contribution in [1.82, 2.24) is 0 Å². The molecule has 114 valence electrons. The van der Waals surface area contributed by atoms with Crippen LogP contribution in [0.25, 0.3) is 0 Å². The Balaban J connectivity index is 2.62. The van der Waals surface area contributed by atoms with Gasteiger partial charge in [0.15, 0.2) is 0 Å². The Kier molecular flexibility index (Phi) is 5.90. The molecule has 21 heavy (non-hydrogen) atoms. The summed E-state index contributed by atoms with van der Waals surface area (Å²) < 4.78 is 0. The first-order valence-corrected chi connectivity index (χ1v) is 6.67. The van der Waals surface area contributed by atoms with E-state index in [4.69, 9.17) is 5.11 Å². The summed E-state index contributed by atoms with van der Waals surface area (Å²) >= 11 is 0. The van der Waals surface area contributed by atoms with Crippen molar-refractivity contribution in [3.05, 3.63) is 23.8 Å². The van der Waals surface area contributed by atoms with Crippen LogP contribution >= 0.6 is 0 Å². The molecule has 1 aromatic rings. The highest BCUT2D eigenvalue weighted by atomic mass is 16.4. The monoisotopic (exact) mass is 292 g/mol. The minimum absolute atomic E-state index is 0.0338.